The smallest absolute Gasteiger partial charge is 0.179 e. The summed E-state index contributed by atoms with van der Waals surface area (Å²) in [5.74, 6) is 1.50. The third-order valence-electron chi connectivity index (χ3n) is 2.58. The Hall–Kier alpha value is -0.710. The van der Waals surface area contributed by atoms with Gasteiger partial charge >= 0.3 is 0 Å². The number of alkyl halides is 1. The first-order valence-corrected chi connectivity index (χ1v) is 6.75. The van der Waals surface area contributed by atoms with Crippen LogP contribution < -0.4 is 4.74 Å². The van der Waals surface area contributed by atoms with Crippen molar-refractivity contribution in [3.05, 3.63) is 23.8 Å². The average molecular weight is 272 g/mol. The molecule has 1 heterocycles. The van der Waals surface area contributed by atoms with Gasteiger partial charge in [0.15, 0.2) is 5.78 Å². The number of nitrogens with zero attached hydrogens (tertiary/aromatic N) is 1. The molecule has 1 aliphatic heterocycles. The standard InChI is InChI=1S/C12H14ClNO2S/c1-16-9-3-4-12-10(7-9)11(15)8-14(17-12)6-2-5-13/h3-4,7H,2,5-6,8H2,1H3. The van der Waals surface area contributed by atoms with Crippen molar-refractivity contribution in [3.8, 4) is 5.75 Å². The van der Waals surface area contributed by atoms with E-state index >= 15 is 0 Å². The highest BCUT2D eigenvalue weighted by molar-refractivity contribution is 7.97. The van der Waals surface area contributed by atoms with Gasteiger partial charge in [-0.2, -0.15) is 0 Å². The quantitative estimate of drug-likeness (QED) is 0.622. The zero-order valence-electron chi connectivity index (χ0n) is 9.61. The SMILES string of the molecule is COc1ccc2c(c1)C(=O)CN(CCCCl)S2. The predicted octanol–water partition coefficient (Wildman–Crippen LogP) is 2.83. The second-order valence-corrected chi connectivity index (χ2v) is 5.30. The van der Waals surface area contributed by atoms with Crippen LogP contribution in [0.5, 0.6) is 5.75 Å². The first kappa shape index (κ1) is 12.7. The van der Waals surface area contributed by atoms with Crippen molar-refractivity contribution in [2.45, 2.75) is 11.3 Å². The molecule has 5 heteroatoms. The number of methoxy groups -OCH3 is 1. The molecule has 17 heavy (non-hydrogen) atoms. The molecule has 0 bridgehead atoms. The molecule has 0 unspecified atom stereocenters. The molecular weight excluding hydrogens is 258 g/mol. The Morgan fingerprint density at radius 3 is 3.06 bits per heavy atom. The normalized spacial score (nSPS) is 15.8. The summed E-state index contributed by atoms with van der Waals surface area (Å²) in [5, 5.41) is 0. The summed E-state index contributed by atoms with van der Waals surface area (Å²) in [6, 6.07) is 5.62. The monoisotopic (exact) mass is 271 g/mol. The first-order valence-electron chi connectivity index (χ1n) is 5.44. The molecular formula is C12H14ClNO2S. The Morgan fingerprint density at radius 2 is 2.35 bits per heavy atom. The zero-order valence-corrected chi connectivity index (χ0v) is 11.2. The Morgan fingerprint density at radius 1 is 1.53 bits per heavy atom. The van der Waals surface area contributed by atoms with E-state index in [1.165, 1.54) is 0 Å². The molecule has 0 fully saturated rings. The summed E-state index contributed by atoms with van der Waals surface area (Å²) in [6.07, 6.45) is 0.896. The highest BCUT2D eigenvalue weighted by atomic mass is 35.5. The van der Waals surface area contributed by atoms with Crippen LogP contribution in [0, 0.1) is 0 Å². The van der Waals surface area contributed by atoms with Gasteiger partial charge in [-0.15, -0.1) is 11.6 Å². The second kappa shape index (κ2) is 5.76. The molecule has 0 saturated carbocycles. The topological polar surface area (TPSA) is 29.5 Å². The van der Waals surface area contributed by atoms with Crippen LogP contribution in [0.25, 0.3) is 0 Å². The van der Waals surface area contributed by atoms with Crippen molar-refractivity contribution in [2.75, 3.05) is 26.1 Å². The molecule has 92 valence electrons. The maximum atomic E-state index is 12.0. The maximum absolute atomic E-state index is 12.0. The molecule has 2 rings (SSSR count). The number of fused-ring (bicyclic) bond motifs is 1. The van der Waals surface area contributed by atoms with Crippen LogP contribution in [0.4, 0.5) is 0 Å². The van der Waals surface area contributed by atoms with Crippen LogP contribution in [-0.2, 0) is 0 Å². The number of rotatable bonds is 4. The van der Waals surface area contributed by atoms with Crippen LogP contribution in [0.15, 0.2) is 23.1 Å². The number of ether oxygens (including phenoxy) is 1. The molecule has 1 aliphatic rings. The summed E-state index contributed by atoms with van der Waals surface area (Å²) in [6.45, 7) is 1.28. The lowest BCUT2D eigenvalue weighted by molar-refractivity contribution is 0.0962. The van der Waals surface area contributed by atoms with Gasteiger partial charge in [0, 0.05) is 22.9 Å². The minimum Gasteiger partial charge on any atom is -0.497 e. The maximum Gasteiger partial charge on any atom is 0.179 e. The Kier molecular flexibility index (Phi) is 4.31. The highest BCUT2D eigenvalue weighted by Crippen LogP contribution is 2.33. The number of halogens is 1. The third-order valence-corrected chi connectivity index (χ3v) is 3.97. The van der Waals surface area contributed by atoms with Crippen molar-refractivity contribution in [1.82, 2.24) is 4.31 Å². The minimum atomic E-state index is 0.146. The Bertz CT molecular complexity index is 425. The molecule has 1 aromatic rings. The lowest BCUT2D eigenvalue weighted by Gasteiger charge is -2.26. The number of hydrogen-bond acceptors (Lipinski definition) is 4. The number of Topliss-reactive ketones (excluding diaryl/α,β-unsaturated/α-hetero) is 1. The Labute approximate surface area is 110 Å². The first-order chi connectivity index (χ1) is 8.24. The predicted molar refractivity (Wildman–Crippen MR) is 70.1 cm³/mol. The molecule has 1 aromatic carbocycles. The van der Waals surface area contributed by atoms with Crippen molar-refractivity contribution in [2.24, 2.45) is 0 Å². The fourth-order valence-corrected chi connectivity index (χ4v) is 2.91. The molecule has 0 radical (unpaired) electrons. The Balaban J connectivity index is 2.17. The van der Waals surface area contributed by atoms with Gasteiger partial charge in [0.1, 0.15) is 5.75 Å². The molecule has 3 nitrogen and oxygen atoms in total. The van der Waals surface area contributed by atoms with E-state index in [4.69, 9.17) is 16.3 Å². The number of hydrogen-bond donors (Lipinski definition) is 0. The molecule has 0 amide bonds. The van der Waals surface area contributed by atoms with Crippen LogP contribution >= 0.6 is 23.5 Å². The van der Waals surface area contributed by atoms with E-state index in [9.17, 15) is 4.79 Å². The van der Waals surface area contributed by atoms with E-state index in [1.54, 1.807) is 19.1 Å². The van der Waals surface area contributed by atoms with E-state index in [-0.39, 0.29) is 5.78 Å². The highest BCUT2D eigenvalue weighted by Gasteiger charge is 2.24. The largest absolute Gasteiger partial charge is 0.497 e. The molecule has 0 N–H and O–H groups in total. The van der Waals surface area contributed by atoms with Crippen LogP contribution in [0.1, 0.15) is 16.8 Å². The number of benzene rings is 1. The molecule has 0 saturated heterocycles. The van der Waals surface area contributed by atoms with Gasteiger partial charge < -0.3 is 4.74 Å². The molecule has 0 aliphatic carbocycles. The lowest BCUT2D eigenvalue weighted by atomic mass is 10.1. The fourth-order valence-electron chi connectivity index (χ4n) is 1.71. The lowest BCUT2D eigenvalue weighted by Crippen LogP contribution is -2.29. The van der Waals surface area contributed by atoms with Gasteiger partial charge in [-0.25, -0.2) is 4.31 Å². The van der Waals surface area contributed by atoms with Gasteiger partial charge in [0.05, 0.1) is 13.7 Å². The molecule has 0 aromatic heterocycles. The fraction of sp³-hybridized carbons (Fsp3) is 0.417. The summed E-state index contributed by atoms with van der Waals surface area (Å²) in [7, 11) is 1.61. The van der Waals surface area contributed by atoms with Gasteiger partial charge in [0.25, 0.3) is 0 Å². The van der Waals surface area contributed by atoms with Gasteiger partial charge in [0.2, 0.25) is 0 Å². The van der Waals surface area contributed by atoms with E-state index < -0.39 is 0 Å². The number of ketones is 1. The van der Waals surface area contributed by atoms with E-state index in [0.717, 1.165) is 29.2 Å². The van der Waals surface area contributed by atoms with Gasteiger partial charge in [-0.1, -0.05) is 0 Å². The molecule has 0 atom stereocenters. The summed E-state index contributed by atoms with van der Waals surface area (Å²) in [5.41, 5.74) is 0.761. The molecule has 0 spiro atoms. The number of carbonyl (C=O) groups excluding carboxylic acids is 1. The minimum absolute atomic E-state index is 0.146. The van der Waals surface area contributed by atoms with Crippen molar-refractivity contribution in [3.63, 3.8) is 0 Å². The average Bonchev–Trinajstić information content (AvgIpc) is 2.36. The van der Waals surface area contributed by atoms with Gasteiger partial charge in [-0.05, 0) is 36.6 Å². The van der Waals surface area contributed by atoms with Crippen molar-refractivity contribution in [1.29, 1.82) is 0 Å². The van der Waals surface area contributed by atoms with E-state index in [2.05, 4.69) is 4.31 Å². The van der Waals surface area contributed by atoms with Crippen molar-refractivity contribution < 1.29 is 9.53 Å². The zero-order chi connectivity index (χ0) is 12.3. The van der Waals surface area contributed by atoms with Crippen LogP contribution in [0.3, 0.4) is 0 Å². The summed E-state index contributed by atoms with van der Waals surface area (Å²) >= 11 is 7.28. The summed E-state index contributed by atoms with van der Waals surface area (Å²) < 4.78 is 7.18. The summed E-state index contributed by atoms with van der Waals surface area (Å²) in [4.78, 5) is 13.0. The van der Waals surface area contributed by atoms with E-state index in [1.807, 2.05) is 18.2 Å². The second-order valence-electron chi connectivity index (χ2n) is 3.78. The van der Waals surface area contributed by atoms with Crippen LogP contribution in [0.2, 0.25) is 0 Å². The third kappa shape index (κ3) is 2.94. The van der Waals surface area contributed by atoms with E-state index in [0.29, 0.717) is 12.4 Å². The van der Waals surface area contributed by atoms with Crippen LogP contribution in [-0.4, -0.2) is 36.2 Å². The number of carbonyl (C=O) groups is 1. The van der Waals surface area contributed by atoms with Crippen molar-refractivity contribution >= 4 is 29.3 Å². The van der Waals surface area contributed by atoms with Gasteiger partial charge in [-0.3, -0.25) is 4.79 Å².